The van der Waals surface area contributed by atoms with Crippen LogP contribution < -0.4 is 5.32 Å². The molecule has 0 spiro atoms. The Labute approximate surface area is 119 Å². The third kappa shape index (κ3) is 3.59. The standard InChI is InChI=1S/C17H18N2O/c1-2-17(15-6-8-16(20)9-7-15)19-12-14-5-3-4-13(10-14)11-18/h3-10,17,19-20H,2,12H2,1H3. The highest BCUT2D eigenvalue weighted by molar-refractivity contribution is 5.33. The highest BCUT2D eigenvalue weighted by atomic mass is 16.3. The second-order valence-corrected chi connectivity index (χ2v) is 4.75. The molecule has 2 N–H and O–H groups in total. The van der Waals surface area contributed by atoms with Crippen molar-refractivity contribution in [1.82, 2.24) is 5.32 Å². The van der Waals surface area contributed by atoms with Gasteiger partial charge in [0.05, 0.1) is 11.6 Å². The Morgan fingerprint density at radius 1 is 1.20 bits per heavy atom. The Morgan fingerprint density at radius 3 is 2.60 bits per heavy atom. The molecule has 102 valence electrons. The van der Waals surface area contributed by atoms with Crippen molar-refractivity contribution in [3.8, 4) is 11.8 Å². The second kappa shape index (κ2) is 6.74. The molecule has 0 radical (unpaired) electrons. The minimum atomic E-state index is 0.237. The van der Waals surface area contributed by atoms with Crippen LogP contribution in [0, 0.1) is 11.3 Å². The lowest BCUT2D eigenvalue weighted by Gasteiger charge is -2.17. The highest BCUT2D eigenvalue weighted by Gasteiger charge is 2.08. The molecule has 2 aromatic rings. The molecule has 1 unspecified atom stereocenters. The SMILES string of the molecule is CCC(NCc1cccc(C#N)c1)c1ccc(O)cc1. The summed E-state index contributed by atoms with van der Waals surface area (Å²) in [6.07, 6.45) is 0.961. The number of nitrogens with one attached hydrogen (secondary N) is 1. The zero-order valence-electron chi connectivity index (χ0n) is 11.5. The monoisotopic (exact) mass is 266 g/mol. The fourth-order valence-electron chi connectivity index (χ4n) is 2.20. The van der Waals surface area contributed by atoms with Crippen LogP contribution in [0.1, 0.15) is 36.1 Å². The van der Waals surface area contributed by atoms with Gasteiger partial charge in [0.25, 0.3) is 0 Å². The Kier molecular flexibility index (Phi) is 4.75. The maximum atomic E-state index is 9.33. The fourth-order valence-corrected chi connectivity index (χ4v) is 2.20. The topological polar surface area (TPSA) is 56.0 Å². The Balaban J connectivity index is 2.03. The van der Waals surface area contributed by atoms with Gasteiger partial charge in [0, 0.05) is 12.6 Å². The van der Waals surface area contributed by atoms with Crippen LogP contribution in [-0.2, 0) is 6.54 Å². The van der Waals surface area contributed by atoms with Crippen LogP contribution in [0.5, 0.6) is 5.75 Å². The summed E-state index contributed by atoms with van der Waals surface area (Å²) in [5.41, 5.74) is 2.94. The maximum absolute atomic E-state index is 9.33. The van der Waals surface area contributed by atoms with Crippen LogP contribution in [0.4, 0.5) is 0 Å². The number of hydrogen-bond donors (Lipinski definition) is 2. The molecule has 2 aromatic carbocycles. The molecule has 2 rings (SSSR count). The Bertz CT molecular complexity index is 599. The summed E-state index contributed by atoms with van der Waals surface area (Å²) in [7, 11) is 0. The summed E-state index contributed by atoms with van der Waals surface area (Å²) in [5.74, 6) is 0.283. The van der Waals surface area contributed by atoms with Crippen molar-refractivity contribution in [3.63, 3.8) is 0 Å². The summed E-state index contributed by atoms with van der Waals surface area (Å²) in [6, 6.07) is 17.3. The van der Waals surface area contributed by atoms with Crippen LogP contribution in [-0.4, -0.2) is 5.11 Å². The molecule has 0 aliphatic carbocycles. The first-order chi connectivity index (χ1) is 9.72. The lowest BCUT2D eigenvalue weighted by Crippen LogP contribution is -2.20. The van der Waals surface area contributed by atoms with E-state index in [1.807, 2.05) is 30.3 Å². The summed E-state index contributed by atoms with van der Waals surface area (Å²) in [6.45, 7) is 2.84. The van der Waals surface area contributed by atoms with Crippen LogP contribution >= 0.6 is 0 Å². The van der Waals surface area contributed by atoms with E-state index in [2.05, 4.69) is 18.3 Å². The minimum absolute atomic E-state index is 0.237. The molecular formula is C17H18N2O. The van der Waals surface area contributed by atoms with E-state index in [9.17, 15) is 5.11 Å². The zero-order valence-corrected chi connectivity index (χ0v) is 11.5. The van der Waals surface area contributed by atoms with Gasteiger partial charge >= 0.3 is 0 Å². The van der Waals surface area contributed by atoms with E-state index in [-0.39, 0.29) is 11.8 Å². The largest absolute Gasteiger partial charge is 0.508 e. The van der Waals surface area contributed by atoms with Crippen molar-refractivity contribution >= 4 is 0 Å². The van der Waals surface area contributed by atoms with Gasteiger partial charge < -0.3 is 10.4 Å². The molecule has 0 heterocycles. The molecule has 20 heavy (non-hydrogen) atoms. The first kappa shape index (κ1) is 14.1. The second-order valence-electron chi connectivity index (χ2n) is 4.75. The van der Waals surface area contributed by atoms with Gasteiger partial charge in [-0.2, -0.15) is 5.26 Å². The third-order valence-electron chi connectivity index (χ3n) is 3.31. The van der Waals surface area contributed by atoms with E-state index in [0.29, 0.717) is 5.56 Å². The number of rotatable bonds is 5. The van der Waals surface area contributed by atoms with Crippen molar-refractivity contribution < 1.29 is 5.11 Å². The minimum Gasteiger partial charge on any atom is -0.508 e. The quantitative estimate of drug-likeness (QED) is 0.870. The van der Waals surface area contributed by atoms with Crippen molar-refractivity contribution in [2.45, 2.75) is 25.9 Å². The van der Waals surface area contributed by atoms with Crippen molar-refractivity contribution in [3.05, 3.63) is 65.2 Å². The Hall–Kier alpha value is -2.31. The molecule has 3 nitrogen and oxygen atoms in total. The van der Waals surface area contributed by atoms with Gasteiger partial charge in [-0.25, -0.2) is 0 Å². The molecule has 0 aromatic heterocycles. The van der Waals surface area contributed by atoms with Gasteiger partial charge in [-0.3, -0.25) is 0 Å². The lowest BCUT2D eigenvalue weighted by atomic mass is 10.0. The molecule has 0 bridgehead atoms. The van der Waals surface area contributed by atoms with Crippen molar-refractivity contribution in [1.29, 1.82) is 5.26 Å². The molecule has 0 aliphatic rings. The van der Waals surface area contributed by atoms with E-state index in [1.54, 1.807) is 18.2 Å². The number of nitrogens with zero attached hydrogens (tertiary/aromatic N) is 1. The third-order valence-corrected chi connectivity index (χ3v) is 3.31. The average Bonchev–Trinajstić information content (AvgIpc) is 2.50. The average molecular weight is 266 g/mol. The van der Waals surface area contributed by atoms with Crippen molar-refractivity contribution in [2.24, 2.45) is 0 Å². The smallest absolute Gasteiger partial charge is 0.115 e. The molecule has 0 aliphatic heterocycles. The molecule has 0 saturated heterocycles. The molecule has 0 amide bonds. The molecule has 1 atom stereocenters. The van der Waals surface area contributed by atoms with E-state index >= 15 is 0 Å². The number of phenols is 1. The lowest BCUT2D eigenvalue weighted by molar-refractivity contribution is 0.473. The van der Waals surface area contributed by atoms with Crippen molar-refractivity contribution in [2.75, 3.05) is 0 Å². The summed E-state index contributed by atoms with van der Waals surface area (Å²) in [5, 5.41) is 21.7. The first-order valence-corrected chi connectivity index (χ1v) is 6.74. The summed E-state index contributed by atoms with van der Waals surface area (Å²) >= 11 is 0. The Morgan fingerprint density at radius 2 is 1.95 bits per heavy atom. The first-order valence-electron chi connectivity index (χ1n) is 6.74. The summed E-state index contributed by atoms with van der Waals surface area (Å²) in [4.78, 5) is 0. The molecule has 0 saturated carbocycles. The van der Waals surface area contributed by atoms with Crippen LogP contribution in [0.15, 0.2) is 48.5 Å². The summed E-state index contributed by atoms with van der Waals surface area (Å²) < 4.78 is 0. The number of hydrogen-bond acceptors (Lipinski definition) is 3. The van der Waals surface area contributed by atoms with Gasteiger partial charge in [-0.1, -0.05) is 31.2 Å². The molecule has 0 fully saturated rings. The normalized spacial score (nSPS) is 11.8. The van der Waals surface area contributed by atoms with E-state index < -0.39 is 0 Å². The van der Waals surface area contributed by atoms with E-state index in [0.717, 1.165) is 24.1 Å². The number of aromatic hydroxyl groups is 1. The van der Waals surface area contributed by atoms with Gasteiger partial charge in [-0.15, -0.1) is 0 Å². The fraction of sp³-hybridized carbons (Fsp3) is 0.235. The van der Waals surface area contributed by atoms with E-state index in [4.69, 9.17) is 5.26 Å². The van der Waals surface area contributed by atoms with Crippen LogP contribution in [0.3, 0.4) is 0 Å². The van der Waals surface area contributed by atoms with Gasteiger partial charge in [0.1, 0.15) is 5.75 Å². The number of benzene rings is 2. The van der Waals surface area contributed by atoms with E-state index in [1.165, 1.54) is 0 Å². The molecule has 3 heteroatoms. The van der Waals surface area contributed by atoms with Crippen LogP contribution in [0.25, 0.3) is 0 Å². The predicted molar refractivity (Wildman–Crippen MR) is 79.1 cm³/mol. The van der Waals surface area contributed by atoms with Gasteiger partial charge in [0.15, 0.2) is 0 Å². The number of phenolic OH excluding ortho intramolecular Hbond substituents is 1. The van der Waals surface area contributed by atoms with Gasteiger partial charge in [0.2, 0.25) is 0 Å². The highest BCUT2D eigenvalue weighted by Crippen LogP contribution is 2.20. The zero-order chi connectivity index (χ0) is 14.4. The number of nitriles is 1. The maximum Gasteiger partial charge on any atom is 0.115 e. The molecular weight excluding hydrogens is 248 g/mol. The predicted octanol–water partition coefficient (Wildman–Crippen LogP) is 3.50. The van der Waals surface area contributed by atoms with Crippen LogP contribution in [0.2, 0.25) is 0 Å². The van der Waals surface area contributed by atoms with Gasteiger partial charge in [-0.05, 0) is 41.8 Å².